The second-order valence-corrected chi connectivity index (χ2v) is 4.91. The zero-order chi connectivity index (χ0) is 13.0. The molecule has 0 spiro atoms. The van der Waals surface area contributed by atoms with Crippen molar-refractivity contribution in [3.8, 4) is 0 Å². The maximum Gasteiger partial charge on any atom is 0.307 e. The average Bonchev–Trinajstić information content (AvgIpc) is 2.77. The Balaban J connectivity index is 1.96. The van der Waals surface area contributed by atoms with E-state index in [2.05, 4.69) is 4.90 Å². The standard InChI is InChI=1S/C14H21NO3/c1-11-6-7-13(18-11)10-15-8-4-3-5-12(15)9-14(16)17-2/h6-7,12H,3-5,8-10H2,1-2H3. The van der Waals surface area contributed by atoms with E-state index in [-0.39, 0.29) is 12.0 Å². The van der Waals surface area contributed by atoms with Gasteiger partial charge < -0.3 is 9.15 Å². The van der Waals surface area contributed by atoms with Crippen LogP contribution in [0.5, 0.6) is 0 Å². The highest BCUT2D eigenvalue weighted by molar-refractivity contribution is 5.69. The van der Waals surface area contributed by atoms with Crippen LogP contribution in [0.25, 0.3) is 0 Å². The van der Waals surface area contributed by atoms with Gasteiger partial charge >= 0.3 is 5.97 Å². The van der Waals surface area contributed by atoms with E-state index >= 15 is 0 Å². The van der Waals surface area contributed by atoms with Gasteiger partial charge in [0.05, 0.1) is 20.1 Å². The lowest BCUT2D eigenvalue weighted by molar-refractivity contribution is -0.142. The SMILES string of the molecule is COC(=O)CC1CCCCN1Cc1ccc(C)o1. The molecule has 1 fully saturated rings. The van der Waals surface area contributed by atoms with Crippen molar-refractivity contribution >= 4 is 5.97 Å². The van der Waals surface area contributed by atoms with Gasteiger partial charge in [0.25, 0.3) is 0 Å². The summed E-state index contributed by atoms with van der Waals surface area (Å²) in [6.07, 6.45) is 3.93. The fourth-order valence-corrected chi connectivity index (χ4v) is 2.55. The fraction of sp³-hybridized carbons (Fsp3) is 0.643. The van der Waals surface area contributed by atoms with Gasteiger partial charge in [-0.2, -0.15) is 0 Å². The predicted molar refractivity (Wildman–Crippen MR) is 68.1 cm³/mol. The fourth-order valence-electron chi connectivity index (χ4n) is 2.55. The van der Waals surface area contributed by atoms with Gasteiger partial charge in [-0.25, -0.2) is 0 Å². The number of carbonyl (C=O) groups is 1. The van der Waals surface area contributed by atoms with E-state index in [1.807, 2.05) is 19.1 Å². The number of piperidine rings is 1. The van der Waals surface area contributed by atoms with Crippen LogP contribution in [0.15, 0.2) is 16.5 Å². The summed E-state index contributed by atoms with van der Waals surface area (Å²) in [5.74, 6) is 1.79. The molecular weight excluding hydrogens is 230 g/mol. The minimum absolute atomic E-state index is 0.123. The Hall–Kier alpha value is -1.29. The summed E-state index contributed by atoms with van der Waals surface area (Å²) in [7, 11) is 1.45. The third-order valence-corrected chi connectivity index (χ3v) is 3.53. The first-order chi connectivity index (χ1) is 8.69. The molecule has 0 aromatic carbocycles. The van der Waals surface area contributed by atoms with E-state index < -0.39 is 0 Å². The van der Waals surface area contributed by atoms with Crippen LogP contribution >= 0.6 is 0 Å². The third kappa shape index (κ3) is 3.35. The number of hydrogen-bond donors (Lipinski definition) is 0. The molecule has 0 radical (unpaired) electrons. The quantitative estimate of drug-likeness (QED) is 0.771. The smallest absolute Gasteiger partial charge is 0.307 e. The third-order valence-electron chi connectivity index (χ3n) is 3.53. The van der Waals surface area contributed by atoms with Gasteiger partial charge in [-0.3, -0.25) is 9.69 Å². The van der Waals surface area contributed by atoms with Crippen molar-refractivity contribution in [1.29, 1.82) is 0 Å². The second-order valence-electron chi connectivity index (χ2n) is 4.91. The molecule has 0 N–H and O–H groups in total. The molecule has 0 aliphatic carbocycles. The van der Waals surface area contributed by atoms with E-state index in [1.54, 1.807) is 0 Å². The highest BCUT2D eigenvalue weighted by Gasteiger charge is 2.25. The van der Waals surface area contributed by atoms with Crippen LogP contribution in [0.1, 0.15) is 37.2 Å². The average molecular weight is 251 g/mol. The number of carbonyl (C=O) groups excluding carboxylic acids is 1. The Labute approximate surface area is 108 Å². The normalized spacial score (nSPS) is 20.9. The molecule has 0 amide bonds. The number of hydrogen-bond acceptors (Lipinski definition) is 4. The number of furan rings is 1. The lowest BCUT2D eigenvalue weighted by atomic mass is 9.99. The minimum atomic E-state index is -0.123. The monoisotopic (exact) mass is 251 g/mol. The Morgan fingerprint density at radius 1 is 1.50 bits per heavy atom. The lowest BCUT2D eigenvalue weighted by Crippen LogP contribution is -2.40. The zero-order valence-corrected chi connectivity index (χ0v) is 11.1. The molecule has 1 aromatic rings. The Bertz CT molecular complexity index is 399. The lowest BCUT2D eigenvalue weighted by Gasteiger charge is -2.34. The molecule has 0 saturated carbocycles. The molecule has 1 aromatic heterocycles. The van der Waals surface area contributed by atoms with Crippen LogP contribution in [-0.4, -0.2) is 30.6 Å². The number of methoxy groups -OCH3 is 1. The summed E-state index contributed by atoms with van der Waals surface area (Å²) in [6.45, 7) is 3.77. The Kier molecular flexibility index (Phi) is 4.42. The van der Waals surface area contributed by atoms with Crippen LogP contribution in [0, 0.1) is 6.92 Å². The van der Waals surface area contributed by atoms with E-state index in [0.29, 0.717) is 6.42 Å². The first-order valence-electron chi connectivity index (χ1n) is 6.55. The van der Waals surface area contributed by atoms with Crippen LogP contribution in [-0.2, 0) is 16.1 Å². The van der Waals surface area contributed by atoms with Gasteiger partial charge in [0.1, 0.15) is 11.5 Å². The van der Waals surface area contributed by atoms with Gasteiger partial charge in [0.2, 0.25) is 0 Å². The molecule has 4 heteroatoms. The molecule has 4 nitrogen and oxygen atoms in total. The summed E-state index contributed by atoms with van der Waals surface area (Å²) in [5, 5.41) is 0. The summed E-state index contributed by atoms with van der Waals surface area (Å²) < 4.78 is 10.4. The number of ether oxygens (including phenoxy) is 1. The van der Waals surface area contributed by atoms with E-state index in [0.717, 1.165) is 31.0 Å². The maximum absolute atomic E-state index is 11.4. The summed E-state index contributed by atoms with van der Waals surface area (Å²) in [6, 6.07) is 4.28. The molecule has 1 unspecified atom stereocenters. The van der Waals surface area contributed by atoms with Gasteiger partial charge in [-0.05, 0) is 38.4 Å². The minimum Gasteiger partial charge on any atom is -0.469 e. The van der Waals surface area contributed by atoms with Gasteiger partial charge in [-0.15, -0.1) is 0 Å². The van der Waals surface area contributed by atoms with Crippen LogP contribution in [0.3, 0.4) is 0 Å². The van der Waals surface area contributed by atoms with Crippen molar-refractivity contribution in [2.45, 2.75) is 45.2 Å². The van der Waals surface area contributed by atoms with Crippen LogP contribution in [0.2, 0.25) is 0 Å². The first-order valence-corrected chi connectivity index (χ1v) is 6.55. The van der Waals surface area contributed by atoms with Crippen LogP contribution in [0.4, 0.5) is 0 Å². The molecule has 18 heavy (non-hydrogen) atoms. The zero-order valence-electron chi connectivity index (χ0n) is 11.1. The molecule has 0 bridgehead atoms. The van der Waals surface area contributed by atoms with E-state index in [9.17, 15) is 4.79 Å². The number of esters is 1. The van der Waals surface area contributed by atoms with Crippen LogP contribution < -0.4 is 0 Å². The number of nitrogens with zero attached hydrogens (tertiary/aromatic N) is 1. The van der Waals surface area contributed by atoms with E-state index in [4.69, 9.17) is 9.15 Å². The van der Waals surface area contributed by atoms with Crippen molar-refractivity contribution in [1.82, 2.24) is 4.90 Å². The molecule has 1 atom stereocenters. The van der Waals surface area contributed by atoms with Crippen molar-refractivity contribution < 1.29 is 13.9 Å². The summed E-state index contributed by atoms with van der Waals surface area (Å²) in [4.78, 5) is 13.7. The number of rotatable bonds is 4. The Morgan fingerprint density at radius 2 is 2.33 bits per heavy atom. The van der Waals surface area contributed by atoms with Crippen molar-refractivity contribution in [2.24, 2.45) is 0 Å². The Morgan fingerprint density at radius 3 is 3.00 bits per heavy atom. The van der Waals surface area contributed by atoms with Crippen molar-refractivity contribution in [3.63, 3.8) is 0 Å². The molecular formula is C14H21NO3. The maximum atomic E-state index is 11.4. The number of aryl methyl sites for hydroxylation is 1. The van der Waals surface area contributed by atoms with Crippen molar-refractivity contribution in [2.75, 3.05) is 13.7 Å². The molecule has 100 valence electrons. The van der Waals surface area contributed by atoms with Gasteiger partial charge in [0.15, 0.2) is 0 Å². The predicted octanol–water partition coefficient (Wildman–Crippen LogP) is 2.51. The largest absolute Gasteiger partial charge is 0.469 e. The van der Waals surface area contributed by atoms with Crippen molar-refractivity contribution in [3.05, 3.63) is 23.7 Å². The van der Waals surface area contributed by atoms with Gasteiger partial charge in [0, 0.05) is 6.04 Å². The highest BCUT2D eigenvalue weighted by Crippen LogP contribution is 2.22. The second kappa shape index (κ2) is 6.05. The van der Waals surface area contributed by atoms with Gasteiger partial charge in [-0.1, -0.05) is 6.42 Å². The molecule has 1 aliphatic heterocycles. The number of likely N-dealkylation sites (tertiary alicyclic amines) is 1. The molecule has 2 heterocycles. The van der Waals surface area contributed by atoms with E-state index in [1.165, 1.54) is 20.0 Å². The summed E-state index contributed by atoms with van der Waals surface area (Å²) in [5.41, 5.74) is 0. The molecule has 1 aliphatic rings. The first kappa shape index (κ1) is 13.1. The highest BCUT2D eigenvalue weighted by atomic mass is 16.5. The molecule has 1 saturated heterocycles. The molecule has 2 rings (SSSR count). The topological polar surface area (TPSA) is 42.7 Å². The summed E-state index contributed by atoms with van der Waals surface area (Å²) >= 11 is 0.